The van der Waals surface area contributed by atoms with E-state index in [0.717, 1.165) is 6.20 Å². The second-order valence-electron chi connectivity index (χ2n) is 3.23. The van der Waals surface area contributed by atoms with E-state index in [9.17, 15) is 18.0 Å². The van der Waals surface area contributed by atoms with Crippen molar-refractivity contribution in [3.63, 3.8) is 0 Å². The first-order chi connectivity index (χ1) is 8.38. The van der Waals surface area contributed by atoms with Gasteiger partial charge in [0.2, 0.25) is 5.78 Å². The predicted octanol–water partition coefficient (Wildman–Crippen LogP) is 3.44. The van der Waals surface area contributed by atoms with Crippen LogP contribution in [-0.2, 0) is 6.18 Å². The first-order valence-electron chi connectivity index (χ1n) is 4.57. The number of rotatable bonds is 2. The van der Waals surface area contributed by atoms with Crippen LogP contribution >= 0.6 is 22.9 Å². The number of thiazole rings is 1. The third-order valence-electron chi connectivity index (χ3n) is 1.96. The molecule has 0 aliphatic carbocycles. The minimum atomic E-state index is -4.54. The zero-order valence-electron chi connectivity index (χ0n) is 8.53. The summed E-state index contributed by atoms with van der Waals surface area (Å²) in [5.41, 5.74) is 0.164. The van der Waals surface area contributed by atoms with Crippen LogP contribution in [0.15, 0.2) is 24.5 Å². The topological polar surface area (TPSA) is 42.9 Å². The summed E-state index contributed by atoms with van der Waals surface area (Å²) in [6, 6.07) is 2.78. The Morgan fingerprint density at radius 2 is 1.94 bits per heavy atom. The van der Waals surface area contributed by atoms with Gasteiger partial charge in [-0.3, -0.25) is 4.79 Å². The minimum absolute atomic E-state index is 0.0913. The Morgan fingerprint density at radius 3 is 2.44 bits per heavy atom. The lowest BCUT2D eigenvalue weighted by Crippen LogP contribution is -2.03. The fourth-order valence-electron chi connectivity index (χ4n) is 1.16. The van der Waals surface area contributed by atoms with E-state index in [0.29, 0.717) is 11.3 Å². The van der Waals surface area contributed by atoms with Gasteiger partial charge in [0.1, 0.15) is 5.15 Å². The van der Waals surface area contributed by atoms with Crippen LogP contribution in [0.25, 0.3) is 0 Å². The van der Waals surface area contributed by atoms with Gasteiger partial charge in [-0.2, -0.15) is 13.2 Å². The molecule has 0 saturated heterocycles. The van der Waals surface area contributed by atoms with Gasteiger partial charge in [0, 0.05) is 18.0 Å². The van der Waals surface area contributed by atoms with Crippen molar-refractivity contribution in [3.8, 4) is 0 Å². The average Bonchev–Trinajstić information content (AvgIpc) is 2.78. The maximum absolute atomic E-state index is 12.3. The van der Waals surface area contributed by atoms with Crippen molar-refractivity contribution in [2.45, 2.75) is 6.18 Å². The molecule has 18 heavy (non-hydrogen) atoms. The Hall–Kier alpha value is -1.47. The molecule has 0 N–H and O–H groups in total. The maximum Gasteiger partial charge on any atom is 0.443 e. The summed E-state index contributed by atoms with van der Waals surface area (Å²) in [5, 5.41) is -0.848. The summed E-state index contributed by atoms with van der Waals surface area (Å²) < 4.78 is 37.0. The molecule has 0 atom stereocenters. The molecule has 2 rings (SSSR count). The number of hydrogen-bond donors (Lipinski definition) is 0. The molecule has 0 fully saturated rings. The molecule has 2 heterocycles. The van der Waals surface area contributed by atoms with E-state index in [-0.39, 0.29) is 15.6 Å². The van der Waals surface area contributed by atoms with Crippen molar-refractivity contribution in [1.82, 2.24) is 9.97 Å². The zero-order chi connectivity index (χ0) is 13.3. The van der Waals surface area contributed by atoms with Crippen LogP contribution in [0.3, 0.4) is 0 Å². The summed E-state index contributed by atoms with van der Waals surface area (Å²) in [6.45, 7) is 0. The number of pyridine rings is 1. The summed E-state index contributed by atoms with van der Waals surface area (Å²) in [4.78, 5) is 18.6. The molecule has 0 amide bonds. The molecule has 0 aliphatic heterocycles. The molecule has 0 radical (unpaired) electrons. The minimum Gasteiger partial charge on any atom is -0.288 e. The van der Waals surface area contributed by atoms with Crippen LogP contribution in [-0.4, -0.2) is 15.8 Å². The lowest BCUT2D eigenvalue weighted by atomic mass is 10.2. The summed E-state index contributed by atoms with van der Waals surface area (Å²) in [7, 11) is 0. The number of nitrogens with zero attached hydrogens (tertiary/aromatic N) is 2. The highest BCUT2D eigenvalue weighted by atomic mass is 35.5. The molecular weight excluding hydrogens is 289 g/mol. The fraction of sp³-hybridized carbons (Fsp3) is 0.100. The average molecular weight is 293 g/mol. The number of ketones is 1. The van der Waals surface area contributed by atoms with Crippen LogP contribution in [0.5, 0.6) is 0 Å². The second-order valence-corrected chi connectivity index (χ2v) is 4.64. The van der Waals surface area contributed by atoms with Crippen LogP contribution in [0.4, 0.5) is 13.2 Å². The van der Waals surface area contributed by atoms with E-state index < -0.39 is 17.0 Å². The van der Waals surface area contributed by atoms with Crippen molar-refractivity contribution >= 4 is 28.7 Å². The smallest absolute Gasteiger partial charge is 0.288 e. The Labute approximate surface area is 108 Å². The van der Waals surface area contributed by atoms with Crippen LogP contribution in [0.1, 0.15) is 20.2 Å². The van der Waals surface area contributed by atoms with E-state index in [1.54, 1.807) is 0 Å². The highest BCUT2D eigenvalue weighted by Gasteiger charge is 2.35. The van der Waals surface area contributed by atoms with Crippen molar-refractivity contribution in [2.75, 3.05) is 0 Å². The molecule has 0 unspecified atom stereocenters. The number of carbonyl (C=O) groups excluding carboxylic acids is 1. The molecule has 2 aromatic heterocycles. The van der Waals surface area contributed by atoms with Gasteiger partial charge in [-0.05, 0) is 12.1 Å². The fourth-order valence-corrected chi connectivity index (χ4v) is 2.02. The molecule has 3 nitrogen and oxygen atoms in total. The number of halogens is 4. The molecule has 0 bridgehead atoms. The van der Waals surface area contributed by atoms with Gasteiger partial charge < -0.3 is 0 Å². The third kappa shape index (κ3) is 2.68. The highest BCUT2D eigenvalue weighted by Crippen LogP contribution is 2.33. The first-order valence-corrected chi connectivity index (χ1v) is 5.76. The normalized spacial score (nSPS) is 11.6. The molecule has 94 valence electrons. The van der Waals surface area contributed by atoms with E-state index in [1.807, 2.05) is 0 Å². The number of aromatic nitrogens is 2. The van der Waals surface area contributed by atoms with E-state index in [2.05, 4.69) is 9.97 Å². The summed E-state index contributed by atoms with van der Waals surface area (Å²) in [6.07, 6.45) is -2.43. The number of hydrogen-bond acceptors (Lipinski definition) is 4. The second kappa shape index (κ2) is 4.66. The van der Waals surface area contributed by atoms with Gasteiger partial charge in [-0.25, -0.2) is 9.97 Å². The van der Waals surface area contributed by atoms with Crippen molar-refractivity contribution < 1.29 is 18.0 Å². The van der Waals surface area contributed by atoms with Crippen molar-refractivity contribution in [3.05, 3.63) is 45.1 Å². The Balaban J connectivity index is 2.29. The zero-order valence-corrected chi connectivity index (χ0v) is 10.1. The Kier molecular flexibility index (Phi) is 3.36. The number of alkyl halides is 3. The van der Waals surface area contributed by atoms with E-state index >= 15 is 0 Å². The van der Waals surface area contributed by atoms with Crippen LogP contribution < -0.4 is 0 Å². The maximum atomic E-state index is 12.3. The molecule has 0 saturated carbocycles. The van der Waals surface area contributed by atoms with Gasteiger partial charge in [0.25, 0.3) is 0 Å². The SMILES string of the molecule is O=C(c1ccc(Cl)nc1)c1cnc(C(F)(F)F)s1. The van der Waals surface area contributed by atoms with E-state index in [4.69, 9.17) is 11.6 Å². The largest absolute Gasteiger partial charge is 0.443 e. The van der Waals surface area contributed by atoms with Crippen LogP contribution in [0, 0.1) is 0 Å². The Morgan fingerprint density at radius 1 is 1.22 bits per heavy atom. The van der Waals surface area contributed by atoms with Gasteiger partial charge in [0.05, 0.1) is 4.88 Å². The molecule has 2 aromatic rings. The Bertz CT molecular complexity index is 580. The number of carbonyl (C=O) groups is 1. The van der Waals surface area contributed by atoms with E-state index in [1.165, 1.54) is 18.3 Å². The van der Waals surface area contributed by atoms with Crippen molar-refractivity contribution in [1.29, 1.82) is 0 Å². The summed E-state index contributed by atoms with van der Waals surface area (Å²) in [5.74, 6) is -0.563. The predicted molar refractivity (Wildman–Crippen MR) is 59.8 cm³/mol. The first kappa shape index (κ1) is 13.0. The molecule has 8 heteroatoms. The standard InChI is InChI=1S/C10H4ClF3N2OS/c11-7-2-1-5(3-15-7)8(17)6-4-16-9(18-6)10(12,13)14/h1-4H. The monoisotopic (exact) mass is 292 g/mol. The van der Waals surface area contributed by atoms with Gasteiger partial charge in [-0.1, -0.05) is 11.6 Å². The lowest BCUT2D eigenvalue weighted by molar-refractivity contribution is -0.137. The summed E-state index contributed by atoms with van der Waals surface area (Å²) >= 11 is 5.85. The molecule has 0 spiro atoms. The van der Waals surface area contributed by atoms with Crippen molar-refractivity contribution in [2.24, 2.45) is 0 Å². The third-order valence-corrected chi connectivity index (χ3v) is 3.23. The lowest BCUT2D eigenvalue weighted by Gasteiger charge is -1.99. The van der Waals surface area contributed by atoms with Gasteiger partial charge >= 0.3 is 6.18 Å². The van der Waals surface area contributed by atoms with Gasteiger partial charge in [0.15, 0.2) is 5.01 Å². The molecule has 0 aromatic carbocycles. The van der Waals surface area contributed by atoms with Crippen LogP contribution in [0.2, 0.25) is 5.15 Å². The highest BCUT2D eigenvalue weighted by molar-refractivity contribution is 7.13. The quantitative estimate of drug-likeness (QED) is 0.629. The van der Waals surface area contributed by atoms with Gasteiger partial charge in [-0.15, -0.1) is 11.3 Å². The molecular formula is C10H4ClF3N2OS. The molecule has 0 aliphatic rings.